The number of alkyl halides is 3. The Kier molecular flexibility index (Phi) is 4.41. The first-order valence-corrected chi connectivity index (χ1v) is 5.13. The first-order chi connectivity index (χ1) is 8.27. The van der Waals surface area contributed by atoms with E-state index in [1.807, 2.05) is 10.8 Å². The number of hydrogen-bond donors (Lipinski definition) is 2. The summed E-state index contributed by atoms with van der Waals surface area (Å²) in [7, 11) is 1.23. The van der Waals surface area contributed by atoms with Crippen molar-refractivity contribution < 1.29 is 22.8 Å². The molecule has 0 unspecified atom stereocenters. The molecule has 0 saturated heterocycles. The number of amides is 2. The van der Waals surface area contributed by atoms with E-state index >= 15 is 0 Å². The third-order valence-electron chi connectivity index (χ3n) is 1.79. The zero-order chi connectivity index (χ0) is 13.9. The first kappa shape index (κ1) is 14.6. The van der Waals surface area contributed by atoms with Crippen molar-refractivity contribution in [1.29, 1.82) is 0 Å². The molecule has 0 spiro atoms. The Balaban J connectivity index is 2.97. The highest BCUT2D eigenvalue weighted by atomic mass is 35.5. The van der Waals surface area contributed by atoms with E-state index in [0.717, 1.165) is 4.68 Å². The number of urea groups is 1. The number of aromatic nitrogens is 2. The number of hydroxylamine groups is 1. The van der Waals surface area contributed by atoms with Crippen molar-refractivity contribution in [2.45, 2.75) is 13.1 Å². The minimum Gasteiger partial charge on any atom is -0.302 e. The molecule has 6 nitrogen and oxygen atoms in total. The van der Waals surface area contributed by atoms with Gasteiger partial charge in [0.15, 0.2) is 10.8 Å². The van der Waals surface area contributed by atoms with E-state index < -0.39 is 23.6 Å². The molecule has 1 rings (SSSR count). The molecule has 0 aromatic carbocycles. The SMILES string of the molecule is CCONC(=O)Nc1c(C(F)(F)F)nn(C)c1Cl. The summed E-state index contributed by atoms with van der Waals surface area (Å²) in [5.41, 5.74) is -0.0148. The number of nitrogens with zero attached hydrogens (tertiary/aromatic N) is 2. The van der Waals surface area contributed by atoms with Gasteiger partial charge in [-0.1, -0.05) is 11.6 Å². The van der Waals surface area contributed by atoms with Crippen LogP contribution in [0.25, 0.3) is 0 Å². The second kappa shape index (κ2) is 5.44. The fraction of sp³-hybridized carbons (Fsp3) is 0.500. The van der Waals surface area contributed by atoms with Gasteiger partial charge in [-0.3, -0.25) is 9.52 Å². The normalized spacial score (nSPS) is 11.4. The third-order valence-corrected chi connectivity index (χ3v) is 2.23. The molecule has 0 aliphatic heterocycles. The van der Waals surface area contributed by atoms with Crippen LogP contribution in [0.4, 0.5) is 23.7 Å². The van der Waals surface area contributed by atoms with Gasteiger partial charge < -0.3 is 5.32 Å². The van der Waals surface area contributed by atoms with Crippen molar-refractivity contribution >= 4 is 23.3 Å². The maximum Gasteiger partial charge on any atom is 0.437 e. The molecule has 2 amide bonds. The standard InChI is InChI=1S/C8H10ClF3N4O2/c1-3-18-15-7(17)13-4-5(8(10,11)12)14-16(2)6(4)9/h3H2,1-2H3,(H2,13,15,17). The number of rotatable bonds is 3. The molecule has 0 fully saturated rings. The summed E-state index contributed by atoms with van der Waals surface area (Å²) in [4.78, 5) is 15.7. The molecular weight excluding hydrogens is 277 g/mol. The molecular formula is C8H10ClF3N4O2. The lowest BCUT2D eigenvalue weighted by atomic mass is 10.3. The quantitative estimate of drug-likeness (QED) is 0.837. The topological polar surface area (TPSA) is 68.2 Å². The Bertz CT molecular complexity index is 446. The fourth-order valence-corrected chi connectivity index (χ4v) is 1.26. The van der Waals surface area contributed by atoms with E-state index in [1.54, 1.807) is 6.92 Å². The van der Waals surface area contributed by atoms with Crippen LogP contribution in [-0.4, -0.2) is 22.4 Å². The molecule has 1 heterocycles. The van der Waals surface area contributed by atoms with Gasteiger partial charge in [0.2, 0.25) is 0 Å². The molecule has 0 radical (unpaired) electrons. The average Bonchev–Trinajstić information content (AvgIpc) is 2.54. The van der Waals surface area contributed by atoms with Crippen LogP contribution < -0.4 is 10.8 Å². The molecule has 0 atom stereocenters. The molecule has 0 bridgehead atoms. The van der Waals surface area contributed by atoms with Crippen molar-refractivity contribution in [3.8, 4) is 0 Å². The molecule has 0 aliphatic rings. The van der Waals surface area contributed by atoms with E-state index in [1.165, 1.54) is 7.05 Å². The Morgan fingerprint density at radius 3 is 2.67 bits per heavy atom. The Labute approximate surface area is 105 Å². The smallest absolute Gasteiger partial charge is 0.302 e. The lowest BCUT2D eigenvalue weighted by molar-refractivity contribution is -0.140. The predicted molar refractivity (Wildman–Crippen MR) is 57.0 cm³/mol. The van der Waals surface area contributed by atoms with E-state index in [-0.39, 0.29) is 11.8 Å². The van der Waals surface area contributed by atoms with Gasteiger partial charge in [0.1, 0.15) is 5.69 Å². The highest BCUT2D eigenvalue weighted by Crippen LogP contribution is 2.37. The van der Waals surface area contributed by atoms with E-state index in [4.69, 9.17) is 11.6 Å². The van der Waals surface area contributed by atoms with Crippen LogP contribution in [0, 0.1) is 0 Å². The fourth-order valence-electron chi connectivity index (χ4n) is 1.09. The summed E-state index contributed by atoms with van der Waals surface area (Å²) in [6, 6.07) is -0.975. The minimum absolute atomic E-state index is 0.167. The maximum absolute atomic E-state index is 12.6. The zero-order valence-electron chi connectivity index (χ0n) is 9.43. The minimum atomic E-state index is -4.72. The molecule has 0 saturated carbocycles. The van der Waals surface area contributed by atoms with Crippen LogP contribution in [0.2, 0.25) is 5.15 Å². The number of hydrogen-bond acceptors (Lipinski definition) is 3. The van der Waals surface area contributed by atoms with Gasteiger partial charge in [-0.2, -0.15) is 18.3 Å². The van der Waals surface area contributed by atoms with Gasteiger partial charge in [-0.15, -0.1) is 0 Å². The van der Waals surface area contributed by atoms with Gasteiger partial charge in [-0.05, 0) is 6.92 Å². The summed E-state index contributed by atoms with van der Waals surface area (Å²) < 4.78 is 38.6. The maximum atomic E-state index is 12.6. The van der Waals surface area contributed by atoms with Crippen LogP contribution in [0.3, 0.4) is 0 Å². The number of halogens is 4. The van der Waals surface area contributed by atoms with Crippen LogP contribution in [0.5, 0.6) is 0 Å². The van der Waals surface area contributed by atoms with Crippen LogP contribution in [-0.2, 0) is 18.1 Å². The van der Waals surface area contributed by atoms with Crippen molar-refractivity contribution in [2.24, 2.45) is 7.05 Å². The average molecular weight is 287 g/mol. The number of carbonyl (C=O) groups is 1. The third kappa shape index (κ3) is 3.26. The second-order valence-corrected chi connectivity index (χ2v) is 3.48. The van der Waals surface area contributed by atoms with E-state index in [0.29, 0.717) is 0 Å². The Morgan fingerprint density at radius 2 is 2.17 bits per heavy atom. The summed E-state index contributed by atoms with van der Waals surface area (Å²) in [6.07, 6.45) is -4.72. The number of anilines is 1. The van der Waals surface area contributed by atoms with E-state index in [9.17, 15) is 18.0 Å². The number of aryl methyl sites for hydroxylation is 1. The number of carbonyl (C=O) groups excluding carboxylic acids is 1. The van der Waals surface area contributed by atoms with Gasteiger partial charge in [0.05, 0.1) is 6.61 Å². The highest BCUT2D eigenvalue weighted by Gasteiger charge is 2.39. The number of nitrogens with one attached hydrogen (secondary N) is 2. The summed E-state index contributed by atoms with van der Waals surface area (Å²) in [5.74, 6) is 0. The molecule has 0 aliphatic carbocycles. The van der Waals surface area contributed by atoms with Crippen molar-refractivity contribution in [3.05, 3.63) is 10.8 Å². The molecule has 1 aromatic rings. The molecule has 2 N–H and O–H groups in total. The van der Waals surface area contributed by atoms with Gasteiger partial charge >= 0.3 is 12.2 Å². The van der Waals surface area contributed by atoms with Gasteiger partial charge in [0, 0.05) is 7.05 Å². The first-order valence-electron chi connectivity index (χ1n) is 4.75. The van der Waals surface area contributed by atoms with Gasteiger partial charge in [-0.25, -0.2) is 10.3 Å². The van der Waals surface area contributed by atoms with Crippen LogP contribution in [0.1, 0.15) is 12.6 Å². The molecule has 102 valence electrons. The molecule has 1 aromatic heterocycles. The summed E-state index contributed by atoms with van der Waals surface area (Å²) in [6.45, 7) is 1.76. The summed E-state index contributed by atoms with van der Waals surface area (Å²) >= 11 is 5.62. The zero-order valence-corrected chi connectivity index (χ0v) is 10.2. The Morgan fingerprint density at radius 1 is 1.56 bits per heavy atom. The largest absolute Gasteiger partial charge is 0.437 e. The van der Waals surface area contributed by atoms with Crippen molar-refractivity contribution in [2.75, 3.05) is 11.9 Å². The second-order valence-electron chi connectivity index (χ2n) is 3.12. The van der Waals surface area contributed by atoms with Crippen molar-refractivity contribution in [1.82, 2.24) is 15.3 Å². The van der Waals surface area contributed by atoms with Crippen LogP contribution >= 0.6 is 11.6 Å². The summed E-state index contributed by atoms with van der Waals surface area (Å²) in [5, 5.41) is 4.78. The molecule has 10 heteroatoms. The van der Waals surface area contributed by atoms with Gasteiger partial charge in [0.25, 0.3) is 0 Å². The highest BCUT2D eigenvalue weighted by molar-refractivity contribution is 6.32. The lowest BCUT2D eigenvalue weighted by Gasteiger charge is -2.08. The van der Waals surface area contributed by atoms with E-state index in [2.05, 4.69) is 9.94 Å². The molecule has 18 heavy (non-hydrogen) atoms. The van der Waals surface area contributed by atoms with Crippen LogP contribution in [0.15, 0.2) is 0 Å². The predicted octanol–water partition coefficient (Wildman–Crippen LogP) is 2.17. The monoisotopic (exact) mass is 286 g/mol. The Hall–Kier alpha value is -1.48. The van der Waals surface area contributed by atoms with Crippen molar-refractivity contribution in [3.63, 3.8) is 0 Å². The lowest BCUT2D eigenvalue weighted by Crippen LogP contribution is -2.29.